The normalized spacial score (nSPS) is 28.5. The van der Waals surface area contributed by atoms with Crippen molar-refractivity contribution in [2.24, 2.45) is 0 Å². The summed E-state index contributed by atoms with van der Waals surface area (Å²) in [6.45, 7) is 6.17. The first-order valence-electron chi connectivity index (χ1n) is 6.33. The zero-order chi connectivity index (χ0) is 11.0. The zero-order valence-electron chi connectivity index (χ0n) is 9.73. The van der Waals surface area contributed by atoms with E-state index in [9.17, 15) is 0 Å². The Bertz CT molecular complexity index is 396. The molecule has 0 spiro atoms. The van der Waals surface area contributed by atoms with Gasteiger partial charge in [0.05, 0.1) is 0 Å². The molecule has 1 aromatic rings. The molecule has 1 heteroatoms. The molecule has 0 saturated carbocycles. The summed E-state index contributed by atoms with van der Waals surface area (Å²) < 4.78 is 0. The smallest absolute Gasteiger partial charge is 0.0171 e. The Labute approximate surface area is 97.8 Å². The molecule has 1 heterocycles. The largest absolute Gasteiger partial charge is 0.296 e. The monoisotopic (exact) mass is 213 g/mol. The van der Waals surface area contributed by atoms with Crippen LogP contribution >= 0.6 is 0 Å². The van der Waals surface area contributed by atoms with Gasteiger partial charge in [0.25, 0.3) is 0 Å². The summed E-state index contributed by atoms with van der Waals surface area (Å²) >= 11 is 0. The van der Waals surface area contributed by atoms with Crippen molar-refractivity contribution in [2.75, 3.05) is 13.1 Å². The molecule has 1 aromatic carbocycles. The summed E-state index contributed by atoms with van der Waals surface area (Å²) in [6.07, 6.45) is 5.96. The van der Waals surface area contributed by atoms with Gasteiger partial charge in [-0.15, -0.1) is 6.58 Å². The fourth-order valence-electron chi connectivity index (χ4n) is 3.48. The predicted octanol–water partition coefficient (Wildman–Crippen LogP) is 2.98. The van der Waals surface area contributed by atoms with Gasteiger partial charge in [0.15, 0.2) is 0 Å². The third-order valence-corrected chi connectivity index (χ3v) is 4.19. The standard InChI is InChI=1S/C15H19N/c1-2-10-16-11-9-14-13-6-4-3-5-12(13)7-8-15(14)16/h2-6,14-15H,1,7-11H2/t14-,15-/m0/s1. The van der Waals surface area contributed by atoms with Crippen molar-refractivity contribution in [2.45, 2.75) is 31.2 Å². The molecule has 84 valence electrons. The molecule has 0 amide bonds. The second kappa shape index (κ2) is 4.06. The van der Waals surface area contributed by atoms with E-state index in [1.165, 1.54) is 25.8 Å². The van der Waals surface area contributed by atoms with Crippen LogP contribution < -0.4 is 0 Å². The number of hydrogen-bond donors (Lipinski definition) is 0. The lowest BCUT2D eigenvalue weighted by molar-refractivity contribution is 0.250. The van der Waals surface area contributed by atoms with Gasteiger partial charge in [-0.25, -0.2) is 0 Å². The van der Waals surface area contributed by atoms with Crippen LogP contribution in [-0.4, -0.2) is 24.0 Å². The van der Waals surface area contributed by atoms with Crippen LogP contribution in [0.2, 0.25) is 0 Å². The maximum absolute atomic E-state index is 3.86. The SMILES string of the molecule is C=CCN1CC[C@H]2c3ccccc3CC[C@@H]21. The van der Waals surface area contributed by atoms with Crippen LogP contribution in [0.25, 0.3) is 0 Å². The van der Waals surface area contributed by atoms with Crippen molar-refractivity contribution in [3.05, 3.63) is 48.0 Å². The molecule has 2 atom stereocenters. The third kappa shape index (κ3) is 1.51. The van der Waals surface area contributed by atoms with E-state index >= 15 is 0 Å². The maximum atomic E-state index is 3.86. The van der Waals surface area contributed by atoms with Gasteiger partial charge < -0.3 is 0 Å². The van der Waals surface area contributed by atoms with Gasteiger partial charge in [0.2, 0.25) is 0 Å². The highest BCUT2D eigenvalue weighted by molar-refractivity contribution is 5.35. The topological polar surface area (TPSA) is 3.24 Å². The van der Waals surface area contributed by atoms with Crippen molar-refractivity contribution in [1.82, 2.24) is 4.90 Å². The lowest BCUT2D eigenvalue weighted by atomic mass is 9.79. The van der Waals surface area contributed by atoms with Crippen LogP contribution in [0.4, 0.5) is 0 Å². The molecule has 3 rings (SSSR count). The zero-order valence-corrected chi connectivity index (χ0v) is 9.73. The molecule has 1 nitrogen and oxygen atoms in total. The molecule has 0 aromatic heterocycles. The molecule has 16 heavy (non-hydrogen) atoms. The maximum Gasteiger partial charge on any atom is 0.0171 e. The number of nitrogens with zero attached hydrogens (tertiary/aromatic N) is 1. The van der Waals surface area contributed by atoms with Crippen molar-refractivity contribution in [3.8, 4) is 0 Å². The second-order valence-electron chi connectivity index (χ2n) is 4.98. The van der Waals surface area contributed by atoms with Crippen LogP contribution in [0.15, 0.2) is 36.9 Å². The van der Waals surface area contributed by atoms with Crippen LogP contribution in [0.1, 0.15) is 29.9 Å². The summed E-state index contributed by atoms with van der Waals surface area (Å²) in [5, 5.41) is 0. The summed E-state index contributed by atoms with van der Waals surface area (Å²) in [6, 6.07) is 9.78. The summed E-state index contributed by atoms with van der Waals surface area (Å²) in [4.78, 5) is 2.60. The van der Waals surface area contributed by atoms with Gasteiger partial charge in [0, 0.05) is 18.5 Å². The first-order chi connectivity index (χ1) is 7.90. The first-order valence-corrected chi connectivity index (χ1v) is 6.33. The minimum absolute atomic E-state index is 0.771. The van der Waals surface area contributed by atoms with E-state index in [-0.39, 0.29) is 0 Å². The van der Waals surface area contributed by atoms with Gasteiger partial charge in [-0.1, -0.05) is 30.3 Å². The van der Waals surface area contributed by atoms with Crippen LogP contribution in [0, 0.1) is 0 Å². The molecule has 1 aliphatic carbocycles. The summed E-state index contributed by atoms with van der Waals surface area (Å²) in [5.74, 6) is 0.782. The lowest BCUT2D eigenvalue weighted by Crippen LogP contribution is -2.35. The Kier molecular flexibility index (Phi) is 2.56. The molecule has 0 bridgehead atoms. The van der Waals surface area contributed by atoms with E-state index in [0.717, 1.165) is 18.5 Å². The Balaban J connectivity index is 1.90. The minimum atomic E-state index is 0.771. The van der Waals surface area contributed by atoms with Crippen molar-refractivity contribution >= 4 is 0 Å². The van der Waals surface area contributed by atoms with Crippen molar-refractivity contribution < 1.29 is 0 Å². The van der Waals surface area contributed by atoms with Gasteiger partial charge in [0.1, 0.15) is 0 Å². The highest BCUT2D eigenvalue weighted by Gasteiger charge is 2.37. The number of hydrogen-bond acceptors (Lipinski definition) is 1. The molecule has 0 radical (unpaired) electrons. The molecule has 0 unspecified atom stereocenters. The van der Waals surface area contributed by atoms with E-state index in [2.05, 4.69) is 35.7 Å². The summed E-state index contributed by atoms with van der Waals surface area (Å²) in [7, 11) is 0. The molecular weight excluding hydrogens is 194 g/mol. The number of aryl methyl sites for hydroxylation is 1. The highest BCUT2D eigenvalue weighted by Crippen LogP contribution is 2.41. The fraction of sp³-hybridized carbons (Fsp3) is 0.467. The average molecular weight is 213 g/mol. The van der Waals surface area contributed by atoms with Crippen molar-refractivity contribution in [3.63, 3.8) is 0 Å². The number of benzene rings is 1. The summed E-state index contributed by atoms with van der Waals surface area (Å²) in [5.41, 5.74) is 3.20. The third-order valence-electron chi connectivity index (χ3n) is 4.19. The number of fused-ring (bicyclic) bond motifs is 3. The fourth-order valence-corrected chi connectivity index (χ4v) is 3.48. The Morgan fingerprint density at radius 3 is 3.06 bits per heavy atom. The lowest BCUT2D eigenvalue weighted by Gasteiger charge is -2.32. The second-order valence-corrected chi connectivity index (χ2v) is 4.98. The van der Waals surface area contributed by atoms with Crippen LogP contribution in [-0.2, 0) is 6.42 Å². The van der Waals surface area contributed by atoms with Gasteiger partial charge in [-0.3, -0.25) is 4.90 Å². The molecule has 1 saturated heterocycles. The number of rotatable bonds is 2. The van der Waals surface area contributed by atoms with E-state index in [4.69, 9.17) is 0 Å². The Morgan fingerprint density at radius 2 is 2.19 bits per heavy atom. The average Bonchev–Trinajstić information content (AvgIpc) is 2.73. The van der Waals surface area contributed by atoms with Gasteiger partial charge in [-0.05, 0) is 36.9 Å². The van der Waals surface area contributed by atoms with Crippen LogP contribution in [0.3, 0.4) is 0 Å². The van der Waals surface area contributed by atoms with Gasteiger partial charge >= 0.3 is 0 Å². The molecule has 2 aliphatic rings. The van der Waals surface area contributed by atoms with E-state index in [1.54, 1.807) is 11.1 Å². The van der Waals surface area contributed by atoms with Gasteiger partial charge in [-0.2, -0.15) is 0 Å². The van der Waals surface area contributed by atoms with E-state index < -0.39 is 0 Å². The van der Waals surface area contributed by atoms with Crippen LogP contribution in [0.5, 0.6) is 0 Å². The quantitative estimate of drug-likeness (QED) is 0.683. The van der Waals surface area contributed by atoms with E-state index in [0.29, 0.717) is 0 Å². The Morgan fingerprint density at radius 1 is 1.31 bits per heavy atom. The molecule has 1 aliphatic heterocycles. The van der Waals surface area contributed by atoms with E-state index in [1.807, 2.05) is 6.08 Å². The van der Waals surface area contributed by atoms with Crippen molar-refractivity contribution in [1.29, 1.82) is 0 Å². The Hall–Kier alpha value is -1.08. The predicted molar refractivity (Wildman–Crippen MR) is 67.7 cm³/mol. The molecular formula is C15H19N. The highest BCUT2D eigenvalue weighted by atomic mass is 15.2. The number of likely N-dealkylation sites (tertiary alicyclic amines) is 1. The molecule has 0 N–H and O–H groups in total. The molecule has 1 fully saturated rings. The minimum Gasteiger partial charge on any atom is -0.296 e. The first kappa shape index (κ1) is 10.1.